The van der Waals surface area contributed by atoms with Crippen LogP contribution in [0.2, 0.25) is 0 Å². The minimum atomic E-state index is -0.527. The van der Waals surface area contributed by atoms with E-state index in [1.807, 2.05) is 0 Å². The van der Waals surface area contributed by atoms with Gasteiger partial charge in [0.2, 0.25) is 17.8 Å². The summed E-state index contributed by atoms with van der Waals surface area (Å²) < 4.78 is 10.7. The van der Waals surface area contributed by atoms with E-state index < -0.39 is 6.04 Å². The van der Waals surface area contributed by atoms with Crippen LogP contribution in [0, 0.1) is 0 Å². The molecule has 0 aromatic carbocycles. The lowest BCUT2D eigenvalue weighted by Gasteiger charge is -2.27. The number of aromatic nitrogens is 3. The first-order valence-corrected chi connectivity index (χ1v) is 9.85. The third-order valence-electron chi connectivity index (χ3n) is 4.20. The first kappa shape index (κ1) is 22.5. The molecule has 1 aromatic rings. The third-order valence-corrected chi connectivity index (χ3v) is 4.20. The number of nitrogens with two attached hydrogens (primary N) is 1. The maximum Gasteiger partial charge on any atom is 0.231 e. The zero-order chi connectivity index (χ0) is 20.0. The van der Waals surface area contributed by atoms with Gasteiger partial charge < -0.3 is 41.0 Å². The van der Waals surface area contributed by atoms with Crippen LogP contribution in [-0.2, 0) is 9.47 Å². The van der Waals surface area contributed by atoms with Crippen molar-refractivity contribution in [1.82, 2.24) is 15.0 Å². The maximum absolute atomic E-state index is 9.30. The van der Waals surface area contributed by atoms with E-state index in [0.717, 1.165) is 25.9 Å². The average molecular weight is 399 g/mol. The molecule has 1 saturated heterocycles. The molecule has 160 valence electrons. The summed E-state index contributed by atoms with van der Waals surface area (Å²) in [4.78, 5) is 15.4. The quantitative estimate of drug-likeness (QED) is 0.246. The van der Waals surface area contributed by atoms with E-state index in [2.05, 4.69) is 30.5 Å². The van der Waals surface area contributed by atoms with Crippen LogP contribution in [0.4, 0.5) is 17.8 Å². The van der Waals surface area contributed by atoms with Crippen molar-refractivity contribution in [3.8, 4) is 0 Å². The summed E-state index contributed by atoms with van der Waals surface area (Å²) in [6.07, 6.45) is 3.42. The van der Waals surface area contributed by atoms with Gasteiger partial charge in [0.1, 0.15) is 0 Å². The van der Waals surface area contributed by atoms with Crippen molar-refractivity contribution in [3.63, 3.8) is 0 Å². The highest BCUT2D eigenvalue weighted by atomic mass is 16.5. The highest BCUT2D eigenvalue weighted by molar-refractivity contribution is 5.44. The molecule has 1 aliphatic rings. The van der Waals surface area contributed by atoms with Gasteiger partial charge in [-0.15, -0.1) is 0 Å². The molecule has 0 unspecified atom stereocenters. The van der Waals surface area contributed by atoms with Gasteiger partial charge in [0, 0.05) is 26.2 Å². The number of ether oxygens (including phenoxy) is 2. The lowest BCUT2D eigenvalue weighted by atomic mass is 10.1. The van der Waals surface area contributed by atoms with Crippen LogP contribution in [-0.4, -0.2) is 97.0 Å². The van der Waals surface area contributed by atoms with Gasteiger partial charge in [0.25, 0.3) is 0 Å². The van der Waals surface area contributed by atoms with Crippen molar-refractivity contribution < 1.29 is 19.7 Å². The van der Waals surface area contributed by atoms with E-state index in [0.29, 0.717) is 57.4 Å². The van der Waals surface area contributed by atoms with Gasteiger partial charge in [0.15, 0.2) is 0 Å². The predicted molar refractivity (Wildman–Crippen MR) is 107 cm³/mol. The topological polar surface area (TPSA) is 151 Å². The highest BCUT2D eigenvalue weighted by Crippen LogP contribution is 2.18. The van der Waals surface area contributed by atoms with Gasteiger partial charge in [-0.1, -0.05) is 0 Å². The number of hydrogen-bond acceptors (Lipinski definition) is 11. The Labute approximate surface area is 165 Å². The van der Waals surface area contributed by atoms with Gasteiger partial charge in [-0.2, -0.15) is 15.0 Å². The molecule has 2 rings (SSSR count). The molecule has 1 aliphatic heterocycles. The molecule has 0 amide bonds. The number of nitrogens with one attached hydrogen (secondary N) is 2. The summed E-state index contributed by atoms with van der Waals surface area (Å²) in [5.41, 5.74) is 5.35. The molecule has 2 heterocycles. The van der Waals surface area contributed by atoms with E-state index in [1.54, 1.807) is 0 Å². The summed E-state index contributed by atoms with van der Waals surface area (Å²) in [7, 11) is 0. The Bertz CT molecular complexity index is 542. The molecular formula is C17H33N7O4. The van der Waals surface area contributed by atoms with Crippen molar-refractivity contribution in [2.24, 2.45) is 5.73 Å². The van der Waals surface area contributed by atoms with Crippen LogP contribution in [0.15, 0.2) is 0 Å². The Hall–Kier alpha value is -1.79. The number of nitrogens with zero attached hydrogens (tertiary/aromatic N) is 4. The summed E-state index contributed by atoms with van der Waals surface area (Å²) in [5, 5.41) is 24.7. The monoisotopic (exact) mass is 399 g/mol. The van der Waals surface area contributed by atoms with Gasteiger partial charge >= 0.3 is 0 Å². The molecule has 0 saturated carbocycles. The first-order valence-electron chi connectivity index (χ1n) is 9.85. The van der Waals surface area contributed by atoms with Gasteiger partial charge in [-0.25, -0.2) is 0 Å². The molecule has 0 atom stereocenters. The molecule has 0 spiro atoms. The zero-order valence-electron chi connectivity index (χ0n) is 16.3. The second-order valence-corrected chi connectivity index (χ2v) is 6.48. The number of piperidine rings is 1. The molecule has 0 bridgehead atoms. The second kappa shape index (κ2) is 13.4. The van der Waals surface area contributed by atoms with Crippen LogP contribution < -0.4 is 21.3 Å². The molecule has 1 aromatic heterocycles. The van der Waals surface area contributed by atoms with Gasteiger partial charge in [-0.3, -0.25) is 0 Å². The summed E-state index contributed by atoms with van der Waals surface area (Å²) in [5.74, 6) is 1.34. The largest absolute Gasteiger partial charge is 0.394 e. The molecule has 1 fully saturated rings. The minimum Gasteiger partial charge on any atom is -0.394 e. The molecule has 0 radical (unpaired) electrons. The molecule has 0 aliphatic carbocycles. The average Bonchev–Trinajstić information content (AvgIpc) is 2.74. The van der Waals surface area contributed by atoms with Gasteiger partial charge in [-0.05, 0) is 19.3 Å². The number of anilines is 3. The Kier molecular flexibility index (Phi) is 10.8. The predicted octanol–water partition coefficient (Wildman–Crippen LogP) is -0.969. The SMILES string of the molecule is NCCOCCOCCNc1nc(NC(CO)CO)nc(N2CCCCC2)n1. The molecule has 11 nitrogen and oxygen atoms in total. The lowest BCUT2D eigenvalue weighted by molar-refractivity contribution is 0.0547. The van der Waals surface area contributed by atoms with Crippen LogP contribution in [0.1, 0.15) is 19.3 Å². The Morgan fingerprint density at radius 1 is 0.929 bits per heavy atom. The van der Waals surface area contributed by atoms with Crippen molar-refractivity contribution in [3.05, 3.63) is 0 Å². The van der Waals surface area contributed by atoms with E-state index in [-0.39, 0.29) is 13.2 Å². The minimum absolute atomic E-state index is 0.218. The fourth-order valence-corrected chi connectivity index (χ4v) is 2.72. The summed E-state index contributed by atoms with van der Waals surface area (Å²) in [6, 6.07) is -0.527. The van der Waals surface area contributed by atoms with Crippen molar-refractivity contribution in [2.45, 2.75) is 25.3 Å². The zero-order valence-corrected chi connectivity index (χ0v) is 16.3. The van der Waals surface area contributed by atoms with Crippen LogP contribution in [0.5, 0.6) is 0 Å². The summed E-state index contributed by atoms with van der Waals surface area (Å²) in [6.45, 7) is 4.43. The van der Waals surface area contributed by atoms with E-state index in [4.69, 9.17) is 15.2 Å². The van der Waals surface area contributed by atoms with Crippen LogP contribution in [0.25, 0.3) is 0 Å². The number of rotatable bonds is 14. The van der Waals surface area contributed by atoms with Crippen molar-refractivity contribution >= 4 is 17.8 Å². The molecule has 11 heteroatoms. The fourth-order valence-electron chi connectivity index (χ4n) is 2.72. The molecule has 28 heavy (non-hydrogen) atoms. The van der Waals surface area contributed by atoms with Gasteiger partial charge in [0.05, 0.1) is 45.7 Å². The fraction of sp³-hybridized carbons (Fsp3) is 0.824. The van der Waals surface area contributed by atoms with Crippen molar-refractivity contribution in [1.29, 1.82) is 0 Å². The Balaban J connectivity index is 1.91. The smallest absolute Gasteiger partial charge is 0.231 e. The molecule has 6 N–H and O–H groups in total. The normalized spacial score (nSPS) is 14.5. The maximum atomic E-state index is 9.30. The van der Waals surface area contributed by atoms with Crippen molar-refractivity contribution in [2.75, 3.05) is 81.4 Å². The second-order valence-electron chi connectivity index (χ2n) is 6.48. The van der Waals surface area contributed by atoms with E-state index >= 15 is 0 Å². The number of hydrogen-bond donors (Lipinski definition) is 5. The van der Waals surface area contributed by atoms with Crippen LogP contribution >= 0.6 is 0 Å². The first-order chi connectivity index (χ1) is 13.8. The van der Waals surface area contributed by atoms with Crippen LogP contribution in [0.3, 0.4) is 0 Å². The van der Waals surface area contributed by atoms with E-state index in [9.17, 15) is 10.2 Å². The van der Waals surface area contributed by atoms with E-state index in [1.165, 1.54) is 6.42 Å². The molecular weight excluding hydrogens is 366 g/mol. The summed E-state index contributed by atoms with van der Waals surface area (Å²) >= 11 is 0. The Morgan fingerprint density at radius 2 is 1.61 bits per heavy atom. The standard InChI is InChI=1S/C17H33N7O4/c18-4-8-27-10-11-28-9-5-19-15-21-16(20-14(12-25)13-26)23-17(22-15)24-6-2-1-3-7-24/h14,25-26H,1-13,18H2,(H2,19,20,21,22,23). The third kappa shape index (κ3) is 8.07. The Morgan fingerprint density at radius 3 is 2.29 bits per heavy atom. The lowest BCUT2D eigenvalue weighted by Crippen LogP contribution is -2.33. The number of aliphatic hydroxyl groups excluding tert-OH is 2. The highest BCUT2D eigenvalue weighted by Gasteiger charge is 2.17. The number of aliphatic hydroxyl groups is 2.